The molecule has 1 aromatic carbocycles. The predicted molar refractivity (Wildman–Crippen MR) is 74.6 cm³/mol. The molecule has 4 heteroatoms. The molecule has 1 aliphatic carbocycles. The van der Waals surface area contributed by atoms with Gasteiger partial charge in [-0.15, -0.1) is 0 Å². The molecule has 106 valence electrons. The molecule has 0 radical (unpaired) electrons. The highest BCUT2D eigenvalue weighted by Gasteiger charge is 2.20. The number of methoxy groups -OCH3 is 1. The van der Waals surface area contributed by atoms with Crippen LogP contribution >= 0.6 is 0 Å². The second-order valence-electron chi connectivity index (χ2n) is 5.00. The second kappa shape index (κ2) is 6.78. The minimum Gasteiger partial charge on any atom is -0.497 e. The fourth-order valence-corrected chi connectivity index (χ4v) is 1.81. The van der Waals surface area contributed by atoms with Crippen molar-refractivity contribution in [3.05, 3.63) is 23.8 Å². The molecule has 1 fully saturated rings. The topological polar surface area (TPSA) is 50.7 Å². The van der Waals surface area contributed by atoms with E-state index in [4.69, 9.17) is 9.47 Å². The minimum atomic E-state index is -0.411. The van der Waals surface area contributed by atoms with Gasteiger partial charge in [-0.05, 0) is 37.5 Å². The van der Waals surface area contributed by atoms with Crippen molar-refractivity contribution in [2.45, 2.75) is 44.9 Å². The molecule has 0 aliphatic heterocycles. The Bertz CT molecular complexity index is 404. The van der Waals surface area contributed by atoms with Gasteiger partial charge in [0.05, 0.1) is 13.2 Å². The Labute approximate surface area is 114 Å². The molecule has 1 aromatic rings. The van der Waals surface area contributed by atoms with E-state index in [1.54, 1.807) is 7.11 Å². The molecule has 0 aromatic heterocycles. The number of aliphatic hydroxyl groups excluding tert-OH is 1. The number of benzene rings is 1. The molecule has 2 rings (SSSR count). The zero-order valence-electron chi connectivity index (χ0n) is 11.7. The number of ether oxygens (including phenoxy) is 2. The molecular weight excluding hydrogens is 242 g/mol. The average Bonchev–Trinajstić information content (AvgIpc) is 3.26. The van der Waals surface area contributed by atoms with Crippen LogP contribution in [0, 0.1) is 0 Å². The molecule has 1 atom stereocenters. The van der Waals surface area contributed by atoms with E-state index < -0.39 is 6.10 Å². The molecule has 4 nitrogen and oxygen atoms in total. The van der Waals surface area contributed by atoms with Crippen molar-refractivity contribution in [2.75, 3.05) is 13.7 Å². The lowest BCUT2D eigenvalue weighted by Crippen LogP contribution is -2.19. The third-order valence-corrected chi connectivity index (χ3v) is 3.33. The molecule has 1 saturated carbocycles. The monoisotopic (exact) mass is 265 g/mol. The Morgan fingerprint density at radius 2 is 2.21 bits per heavy atom. The van der Waals surface area contributed by atoms with Gasteiger partial charge in [0.15, 0.2) is 0 Å². The van der Waals surface area contributed by atoms with Gasteiger partial charge >= 0.3 is 0 Å². The van der Waals surface area contributed by atoms with Crippen LogP contribution in [0.1, 0.15) is 31.7 Å². The number of nitrogens with one attached hydrogen (secondary N) is 1. The summed E-state index contributed by atoms with van der Waals surface area (Å²) in [5, 5.41) is 13.0. The van der Waals surface area contributed by atoms with Crippen LogP contribution < -0.4 is 14.8 Å². The van der Waals surface area contributed by atoms with Gasteiger partial charge in [-0.1, -0.05) is 6.92 Å². The van der Waals surface area contributed by atoms with Gasteiger partial charge in [0.1, 0.15) is 18.1 Å². The Balaban J connectivity index is 2.01. The summed E-state index contributed by atoms with van der Waals surface area (Å²) >= 11 is 0. The van der Waals surface area contributed by atoms with Crippen LogP contribution in [0.5, 0.6) is 11.5 Å². The maximum absolute atomic E-state index is 9.57. The van der Waals surface area contributed by atoms with Crippen LogP contribution in [-0.2, 0) is 6.54 Å². The van der Waals surface area contributed by atoms with Gasteiger partial charge in [-0.2, -0.15) is 0 Å². The van der Waals surface area contributed by atoms with Crippen LogP contribution in [-0.4, -0.2) is 31.0 Å². The van der Waals surface area contributed by atoms with Crippen LogP contribution in [0.3, 0.4) is 0 Å². The minimum absolute atomic E-state index is 0.333. The quantitative estimate of drug-likeness (QED) is 0.756. The second-order valence-corrected chi connectivity index (χ2v) is 5.00. The van der Waals surface area contributed by atoms with E-state index in [2.05, 4.69) is 5.32 Å². The molecule has 19 heavy (non-hydrogen) atoms. The first-order valence-electron chi connectivity index (χ1n) is 6.94. The number of hydrogen-bond acceptors (Lipinski definition) is 4. The summed E-state index contributed by atoms with van der Waals surface area (Å²) in [6.45, 7) is 3.05. The van der Waals surface area contributed by atoms with E-state index in [0.29, 0.717) is 19.1 Å². The highest BCUT2D eigenvalue weighted by Crippen LogP contribution is 2.26. The molecule has 0 heterocycles. The molecule has 2 N–H and O–H groups in total. The zero-order chi connectivity index (χ0) is 13.7. The lowest BCUT2D eigenvalue weighted by Gasteiger charge is -2.15. The SMILES string of the molecule is CCC(O)COc1ccc(OC)cc1CNC1CC1. The summed E-state index contributed by atoms with van der Waals surface area (Å²) in [6, 6.07) is 6.43. The van der Waals surface area contributed by atoms with Crippen molar-refractivity contribution in [3.63, 3.8) is 0 Å². The molecule has 1 unspecified atom stereocenters. The summed E-state index contributed by atoms with van der Waals surface area (Å²) in [6.07, 6.45) is 2.81. The Hall–Kier alpha value is -1.26. The molecule has 0 saturated heterocycles. The Morgan fingerprint density at radius 1 is 1.42 bits per heavy atom. The Morgan fingerprint density at radius 3 is 2.84 bits per heavy atom. The lowest BCUT2D eigenvalue weighted by molar-refractivity contribution is 0.104. The van der Waals surface area contributed by atoms with Crippen LogP contribution in [0.25, 0.3) is 0 Å². The largest absolute Gasteiger partial charge is 0.497 e. The van der Waals surface area contributed by atoms with Crippen molar-refractivity contribution in [1.82, 2.24) is 5.32 Å². The van der Waals surface area contributed by atoms with Crippen molar-refractivity contribution in [3.8, 4) is 11.5 Å². The standard InChI is InChI=1S/C15H23NO3/c1-3-13(17)10-19-15-7-6-14(18-2)8-11(15)9-16-12-4-5-12/h6-8,12-13,16-17H,3-5,9-10H2,1-2H3. The first-order chi connectivity index (χ1) is 9.22. The van der Waals surface area contributed by atoms with E-state index in [9.17, 15) is 5.11 Å². The summed E-state index contributed by atoms with van der Waals surface area (Å²) in [7, 11) is 1.66. The number of aliphatic hydroxyl groups is 1. The van der Waals surface area contributed by atoms with E-state index in [-0.39, 0.29) is 0 Å². The van der Waals surface area contributed by atoms with Crippen LogP contribution in [0.2, 0.25) is 0 Å². The van der Waals surface area contributed by atoms with Gasteiger partial charge in [-0.25, -0.2) is 0 Å². The van der Waals surface area contributed by atoms with Gasteiger partial charge in [0, 0.05) is 18.2 Å². The normalized spacial score (nSPS) is 16.2. The third kappa shape index (κ3) is 4.40. The van der Waals surface area contributed by atoms with Gasteiger partial charge in [0.2, 0.25) is 0 Å². The maximum Gasteiger partial charge on any atom is 0.124 e. The highest BCUT2D eigenvalue weighted by molar-refractivity contribution is 5.40. The van der Waals surface area contributed by atoms with Crippen LogP contribution in [0.4, 0.5) is 0 Å². The van der Waals surface area contributed by atoms with Gasteiger partial charge in [0.25, 0.3) is 0 Å². The number of hydrogen-bond donors (Lipinski definition) is 2. The molecule has 1 aliphatic rings. The summed E-state index contributed by atoms with van der Waals surface area (Å²) in [5.41, 5.74) is 1.08. The van der Waals surface area contributed by atoms with Crippen molar-refractivity contribution in [1.29, 1.82) is 0 Å². The summed E-state index contributed by atoms with van der Waals surface area (Å²) < 4.78 is 10.9. The van der Waals surface area contributed by atoms with E-state index in [0.717, 1.165) is 23.6 Å². The van der Waals surface area contributed by atoms with Gasteiger partial charge < -0.3 is 19.9 Å². The third-order valence-electron chi connectivity index (χ3n) is 3.33. The summed E-state index contributed by atoms with van der Waals surface area (Å²) in [4.78, 5) is 0. The first kappa shape index (κ1) is 14.2. The zero-order valence-corrected chi connectivity index (χ0v) is 11.7. The predicted octanol–water partition coefficient (Wildman–Crippen LogP) is 2.10. The fourth-order valence-electron chi connectivity index (χ4n) is 1.81. The Kier molecular flexibility index (Phi) is 5.05. The maximum atomic E-state index is 9.57. The molecule has 0 spiro atoms. The summed E-state index contributed by atoms with van der Waals surface area (Å²) in [5.74, 6) is 1.65. The first-order valence-corrected chi connectivity index (χ1v) is 6.94. The lowest BCUT2D eigenvalue weighted by atomic mass is 10.2. The van der Waals surface area contributed by atoms with Crippen molar-refractivity contribution < 1.29 is 14.6 Å². The van der Waals surface area contributed by atoms with E-state index in [1.807, 2.05) is 25.1 Å². The highest BCUT2D eigenvalue weighted by atomic mass is 16.5. The fraction of sp³-hybridized carbons (Fsp3) is 0.600. The molecule has 0 amide bonds. The van der Waals surface area contributed by atoms with Crippen LogP contribution in [0.15, 0.2) is 18.2 Å². The average molecular weight is 265 g/mol. The van der Waals surface area contributed by atoms with Crippen molar-refractivity contribution in [2.24, 2.45) is 0 Å². The molecular formula is C15H23NO3. The van der Waals surface area contributed by atoms with E-state index in [1.165, 1.54) is 12.8 Å². The molecule has 0 bridgehead atoms. The van der Waals surface area contributed by atoms with Crippen molar-refractivity contribution >= 4 is 0 Å². The van der Waals surface area contributed by atoms with Gasteiger partial charge in [-0.3, -0.25) is 0 Å². The van der Waals surface area contributed by atoms with E-state index >= 15 is 0 Å². The smallest absolute Gasteiger partial charge is 0.124 e. The number of rotatable bonds is 8.